The van der Waals surface area contributed by atoms with E-state index in [2.05, 4.69) is 27.6 Å². The van der Waals surface area contributed by atoms with E-state index in [1.54, 1.807) is 0 Å². The lowest BCUT2D eigenvalue weighted by Gasteiger charge is -2.29. The van der Waals surface area contributed by atoms with Gasteiger partial charge in [-0.3, -0.25) is 0 Å². The SMILES string of the molecule is CCCC1CCC(Nc2cc(NN)ncn2)CC1. The first kappa shape index (κ1) is 13.1. The monoisotopic (exact) mass is 249 g/mol. The molecule has 0 aromatic carbocycles. The third-order valence-electron chi connectivity index (χ3n) is 3.71. The van der Waals surface area contributed by atoms with Crippen molar-refractivity contribution in [3.05, 3.63) is 12.4 Å². The maximum absolute atomic E-state index is 5.34. The van der Waals surface area contributed by atoms with E-state index in [1.807, 2.05) is 6.07 Å². The molecule has 0 aliphatic heterocycles. The molecule has 100 valence electrons. The molecular formula is C13H23N5. The molecule has 2 rings (SSSR count). The van der Waals surface area contributed by atoms with Gasteiger partial charge in [-0.05, 0) is 31.6 Å². The molecule has 0 atom stereocenters. The highest BCUT2D eigenvalue weighted by molar-refractivity contribution is 5.46. The molecule has 1 heterocycles. The Bertz CT molecular complexity index is 360. The van der Waals surface area contributed by atoms with E-state index in [1.165, 1.54) is 44.9 Å². The van der Waals surface area contributed by atoms with Crippen LogP contribution < -0.4 is 16.6 Å². The highest BCUT2D eigenvalue weighted by atomic mass is 15.3. The van der Waals surface area contributed by atoms with Crippen molar-refractivity contribution in [1.82, 2.24) is 9.97 Å². The highest BCUT2D eigenvalue weighted by Crippen LogP contribution is 2.29. The fourth-order valence-electron chi connectivity index (χ4n) is 2.73. The number of rotatable bonds is 5. The largest absolute Gasteiger partial charge is 0.367 e. The first-order valence-corrected chi connectivity index (χ1v) is 6.87. The van der Waals surface area contributed by atoms with Crippen LogP contribution in [0.5, 0.6) is 0 Å². The molecule has 0 amide bonds. The lowest BCUT2D eigenvalue weighted by Crippen LogP contribution is -2.26. The standard InChI is InChI=1S/C13H23N5/c1-2-3-10-4-6-11(7-5-10)17-12-8-13(18-14)16-9-15-12/h8-11H,2-7,14H2,1H3,(H2,15,16,17,18). The van der Waals surface area contributed by atoms with Gasteiger partial charge in [0.2, 0.25) is 0 Å². The lowest BCUT2D eigenvalue weighted by molar-refractivity contribution is 0.318. The van der Waals surface area contributed by atoms with Crippen molar-refractivity contribution in [2.24, 2.45) is 11.8 Å². The number of hydrogen-bond acceptors (Lipinski definition) is 5. The third-order valence-corrected chi connectivity index (χ3v) is 3.71. The van der Waals surface area contributed by atoms with Crippen LogP contribution >= 0.6 is 0 Å². The van der Waals surface area contributed by atoms with Crippen LogP contribution in [-0.4, -0.2) is 16.0 Å². The van der Waals surface area contributed by atoms with E-state index >= 15 is 0 Å². The minimum atomic E-state index is 0.540. The number of nitrogens with one attached hydrogen (secondary N) is 2. The van der Waals surface area contributed by atoms with Gasteiger partial charge in [-0.2, -0.15) is 0 Å². The van der Waals surface area contributed by atoms with Crippen LogP contribution in [0.4, 0.5) is 11.6 Å². The molecule has 1 aliphatic carbocycles. The topological polar surface area (TPSA) is 75.9 Å². The summed E-state index contributed by atoms with van der Waals surface area (Å²) in [7, 11) is 0. The zero-order chi connectivity index (χ0) is 12.8. The average molecular weight is 249 g/mol. The van der Waals surface area contributed by atoms with Crippen molar-refractivity contribution in [3.63, 3.8) is 0 Å². The molecule has 1 aromatic rings. The zero-order valence-electron chi connectivity index (χ0n) is 11.0. The number of aromatic nitrogens is 2. The van der Waals surface area contributed by atoms with Crippen LogP contribution in [0, 0.1) is 5.92 Å². The van der Waals surface area contributed by atoms with Gasteiger partial charge < -0.3 is 10.7 Å². The first-order valence-electron chi connectivity index (χ1n) is 6.87. The maximum Gasteiger partial charge on any atom is 0.145 e. The van der Waals surface area contributed by atoms with Gasteiger partial charge in [0.1, 0.15) is 18.0 Å². The zero-order valence-corrected chi connectivity index (χ0v) is 11.0. The molecule has 18 heavy (non-hydrogen) atoms. The molecule has 5 nitrogen and oxygen atoms in total. The Kier molecular flexibility index (Phi) is 4.75. The average Bonchev–Trinajstić information content (AvgIpc) is 2.42. The van der Waals surface area contributed by atoms with Crippen LogP contribution in [0.3, 0.4) is 0 Å². The minimum absolute atomic E-state index is 0.540. The molecule has 0 unspecified atom stereocenters. The van der Waals surface area contributed by atoms with E-state index in [0.29, 0.717) is 11.9 Å². The maximum atomic E-state index is 5.34. The number of nitrogen functional groups attached to an aromatic ring is 1. The smallest absolute Gasteiger partial charge is 0.145 e. The predicted molar refractivity (Wildman–Crippen MR) is 74.1 cm³/mol. The normalized spacial score (nSPS) is 23.7. The summed E-state index contributed by atoms with van der Waals surface area (Å²) in [5.41, 5.74) is 2.54. The lowest BCUT2D eigenvalue weighted by atomic mass is 9.83. The van der Waals surface area contributed by atoms with Gasteiger partial charge in [-0.1, -0.05) is 19.8 Å². The molecule has 1 fully saturated rings. The van der Waals surface area contributed by atoms with Crippen molar-refractivity contribution in [2.75, 3.05) is 10.7 Å². The summed E-state index contributed by atoms with van der Waals surface area (Å²) < 4.78 is 0. The van der Waals surface area contributed by atoms with Crippen molar-refractivity contribution in [3.8, 4) is 0 Å². The summed E-state index contributed by atoms with van der Waals surface area (Å²) in [6.07, 6.45) is 9.35. The van der Waals surface area contributed by atoms with E-state index in [9.17, 15) is 0 Å². The number of nitrogens with two attached hydrogens (primary N) is 1. The summed E-state index contributed by atoms with van der Waals surface area (Å²) >= 11 is 0. The van der Waals surface area contributed by atoms with Crippen molar-refractivity contribution < 1.29 is 0 Å². The Morgan fingerprint density at radius 2 is 1.94 bits per heavy atom. The van der Waals surface area contributed by atoms with Gasteiger partial charge in [0.05, 0.1) is 0 Å². The fourth-order valence-corrected chi connectivity index (χ4v) is 2.73. The van der Waals surface area contributed by atoms with Gasteiger partial charge >= 0.3 is 0 Å². The molecular weight excluding hydrogens is 226 g/mol. The molecule has 5 heteroatoms. The number of anilines is 2. The summed E-state index contributed by atoms with van der Waals surface area (Å²) in [5, 5.41) is 3.47. The molecule has 0 saturated heterocycles. The summed E-state index contributed by atoms with van der Waals surface area (Å²) in [4.78, 5) is 8.22. The molecule has 0 bridgehead atoms. The van der Waals surface area contributed by atoms with Crippen LogP contribution in [0.15, 0.2) is 12.4 Å². The number of hydrogen-bond donors (Lipinski definition) is 3. The third kappa shape index (κ3) is 3.57. The van der Waals surface area contributed by atoms with E-state index in [-0.39, 0.29) is 0 Å². The van der Waals surface area contributed by atoms with Gasteiger partial charge in [-0.25, -0.2) is 15.8 Å². The number of hydrazine groups is 1. The summed E-state index contributed by atoms with van der Waals surface area (Å²) in [5.74, 6) is 7.77. The Hall–Kier alpha value is -1.36. The Morgan fingerprint density at radius 1 is 1.22 bits per heavy atom. The predicted octanol–water partition coefficient (Wildman–Crippen LogP) is 2.53. The number of nitrogens with zero attached hydrogens (tertiary/aromatic N) is 2. The van der Waals surface area contributed by atoms with Gasteiger partial charge in [0.15, 0.2) is 0 Å². The van der Waals surface area contributed by atoms with Crippen molar-refractivity contribution in [1.29, 1.82) is 0 Å². The second kappa shape index (κ2) is 6.54. The van der Waals surface area contributed by atoms with E-state index in [0.717, 1.165) is 11.7 Å². The summed E-state index contributed by atoms with van der Waals surface area (Å²) in [6, 6.07) is 2.39. The Morgan fingerprint density at radius 3 is 2.61 bits per heavy atom. The Labute approximate surface area is 109 Å². The van der Waals surface area contributed by atoms with Crippen LogP contribution in [0.1, 0.15) is 45.4 Å². The van der Waals surface area contributed by atoms with Crippen molar-refractivity contribution in [2.45, 2.75) is 51.5 Å². The van der Waals surface area contributed by atoms with Gasteiger partial charge in [0.25, 0.3) is 0 Å². The van der Waals surface area contributed by atoms with Gasteiger partial charge in [0, 0.05) is 12.1 Å². The molecule has 4 N–H and O–H groups in total. The second-order valence-electron chi connectivity index (χ2n) is 5.08. The van der Waals surface area contributed by atoms with E-state index in [4.69, 9.17) is 5.84 Å². The van der Waals surface area contributed by atoms with E-state index < -0.39 is 0 Å². The van der Waals surface area contributed by atoms with Crippen molar-refractivity contribution >= 4 is 11.6 Å². The fraction of sp³-hybridized carbons (Fsp3) is 0.692. The highest BCUT2D eigenvalue weighted by Gasteiger charge is 2.20. The van der Waals surface area contributed by atoms with Crippen LogP contribution in [-0.2, 0) is 0 Å². The Balaban J connectivity index is 1.83. The quantitative estimate of drug-likeness (QED) is 0.552. The molecule has 0 radical (unpaired) electrons. The molecule has 0 spiro atoms. The molecule has 1 aliphatic rings. The van der Waals surface area contributed by atoms with Crippen LogP contribution in [0.2, 0.25) is 0 Å². The minimum Gasteiger partial charge on any atom is -0.367 e. The first-order chi connectivity index (χ1) is 8.81. The molecule has 1 saturated carbocycles. The van der Waals surface area contributed by atoms with Crippen LogP contribution in [0.25, 0.3) is 0 Å². The second-order valence-corrected chi connectivity index (χ2v) is 5.08. The molecule has 1 aromatic heterocycles. The van der Waals surface area contributed by atoms with Gasteiger partial charge in [-0.15, -0.1) is 0 Å². The summed E-state index contributed by atoms with van der Waals surface area (Å²) in [6.45, 7) is 2.27.